The summed E-state index contributed by atoms with van der Waals surface area (Å²) in [6.07, 6.45) is 0. The first-order chi connectivity index (χ1) is 8.59. The van der Waals surface area contributed by atoms with Gasteiger partial charge in [0, 0.05) is 0 Å². The second-order valence-corrected chi connectivity index (χ2v) is 9.31. The fourth-order valence-electron chi connectivity index (χ4n) is 0.595. The van der Waals surface area contributed by atoms with Crippen molar-refractivity contribution in [3.8, 4) is 0 Å². The molecule has 0 fully saturated rings. The molecule has 0 aliphatic heterocycles. The van der Waals surface area contributed by atoms with Gasteiger partial charge in [-0.15, -0.1) is 0 Å². The monoisotopic (exact) mass is 330 g/mol. The Hall–Kier alpha value is -0.840. The summed E-state index contributed by atoms with van der Waals surface area (Å²) in [5.41, 5.74) is 0. The minimum Gasteiger partial charge on any atom is -0.298 e. The highest BCUT2D eigenvalue weighted by molar-refractivity contribution is 7.91. The average molecular weight is 330 g/mol. The first-order valence-corrected chi connectivity index (χ1v) is 8.30. The number of carbonyl (C=O) groups excluding carboxylic acids is 2. The zero-order valence-electron chi connectivity index (χ0n) is 12.1. The summed E-state index contributed by atoms with van der Waals surface area (Å²) in [6, 6.07) is 0. The Labute approximate surface area is 118 Å². The SMILES string of the molecule is CC(=O)C(C)(C)S(=O)(=O)OOS(=O)(=O)C(C)(C)C(C)=O. The highest BCUT2D eigenvalue weighted by Gasteiger charge is 2.46. The van der Waals surface area contributed by atoms with Crippen LogP contribution in [0, 0.1) is 0 Å². The highest BCUT2D eigenvalue weighted by Crippen LogP contribution is 2.24. The Balaban J connectivity index is 5.34. The zero-order valence-corrected chi connectivity index (χ0v) is 13.7. The maximum absolute atomic E-state index is 11.7. The molecule has 0 rings (SSSR count). The van der Waals surface area contributed by atoms with E-state index in [-0.39, 0.29) is 0 Å². The summed E-state index contributed by atoms with van der Waals surface area (Å²) < 4.78 is 50.8. The highest BCUT2D eigenvalue weighted by atomic mass is 32.2. The molecule has 10 heteroatoms. The van der Waals surface area contributed by atoms with E-state index in [0.717, 1.165) is 41.5 Å². The summed E-state index contributed by atoms with van der Waals surface area (Å²) >= 11 is 0. The van der Waals surface area contributed by atoms with E-state index in [2.05, 4.69) is 8.67 Å². The molecule has 0 bridgehead atoms. The van der Waals surface area contributed by atoms with Gasteiger partial charge in [-0.05, 0) is 41.5 Å². The van der Waals surface area contributed by atoms with E-state index < -0.39 is 41.3 Å². The van der Waals surface area contributed by atoms with Crippen LogP contribution in [0.4, 0.5) is 0 Å². The third-order valence-corrected chi connectivity index (χ3v) is 6.81. The second-order valence-electron chi connectivity index (χ2n) is 5.18. The van der Waals surface area contributed by atoms with Crippen molar-refractivity contribution in [3.63, 3.8) is 0 Å². The van der Waals surface area contributed by atoms with Gasteiger partial charge >= 0.3 is 20.2 Å². The van der Waals surface area contributed by atoms with Crippen LogP contribution in [0.2, 0.25) is 0 Å². The molecule has 0 aromatic carbocycles. The van der Waals surface area contributed by atoms with Crippen molar-refractivity contribution in [2.45, 2.75) is 51.0 Å². The quantitative estimate of drug-likeness (QED) is 0.483. The Bertz CT molecular complexity index is 554. The standard InChI is InChI=1S/C10H18O8S2/c1-7(11)9(3,4)19(13,14)17-18-20(15,16)10(5,6)8(2)12/h1-6H3. The van der Waals surface area contributed by atoms with Gasteiger partial charge in [0.05, 0.1) is 0 Å². The molecule has 0 radical (unpaired) electrons. The van der Waals surface area contributed by atoms with Crippen LogP contribution in [0.1, 0.15) is 41.5 Å². The fourth-order valence-corrected chi connectivity index (χ4v) is 2.22. The third kappa shape index (κ3) is 3.43. The van der Waals surface area contributed by atoms with Crippen LogP contribution in [-0.4, -0.2) is 37.9 Å². The van der Waals surface area contributed by atoms with Crippen LogP contribution in [-0.2, 0) is 38.5 Å². The van der Waals surface area contributed by atoms with E-state index in [1.807, 2.05) is 0 Å². The van der Waals surface area contributed by atoms with Crippen LogP contribution in [0.15, 0.2) is 0 Å². The predicted molar refractivity (Wildman–Crippen MR) is 69.5 cm³/mol. The van der Waals surface area contributed by atoms with Gasteiger partial charge in [-0.1, -0.05) is 8.67 Å². The van der Waals surface area contributed by atoms with Crippen LogP contribution >= 0.6 is 0 Å². The van der Waals surface area contributed by atoms with Crippen LogP contribution in [0.5, 0.6) is 0 Å². The molecule has 0 atom stereocenters. The zero-order chi connectivity index (χ0) is 16.6. The molecular weight excluding hydrogens is 312 g/mol. The van der Waals surface area contributed by atoms with Crippen molar-refractivity contribution in [1.29, 1.82) is 0 Å². The van der Waals surface area contributed by atoms with E-state index in [1.165, 1.54) is 0 Å². The molecule has 118 valence electrons. The lowest BCUT2D eigenvalue weighted by Gasteiger charge is -2.22. The minimum atomic E-state index is -4.64. The first-order valence-electron chi connectivity index (χ1n) is 5.48. The average Bonchev–Trinajstić information content (AvgIpc) is 2.25. The Morgan fingerprint density at radius 3 is 1.05 bits per heavy atom. The number of hydrogen-bond donors (Lipinski definition) is 0. The Morgan fingerprint density at radius 2 is 0.900 bits per heavy atom. The fraction of sp³-hybridized carbons (Fsp3) is 0.800. The molecule has 0 amide bonds. The van der Waals surface area contributed by atoms with E-state index in [4.69, 9.17) is 0 Å². The molecule has 0 aliphatic rings. The largest absolute Gasteiger partial charge is 0.306 e. The lowest BCUT2D eigenvalue weighted by atomic mass is 10.1. The Morgan fingerprint density at radius 1 is 0.700 bits per heavy atom. The molecule has 0 aliphatic carbocycles. The summed E-state index contributed by atoms with van der Waals surface area (Å²) in [4.78, 5) is 22.4. The van der Waals surface area contributed by atoms with Gasteiger partial charge in [-0.25, -0.2) is 0 Å². The van der Waals surface area contributed by atoms with Gasteiger partial charge in [-0.2, -0.15) is 16.8 Å². The Kier molecular flexibility index (Phi) is 5.28. The minimum absolute atomic E-state index is 0.760. The van der Waals surface area contributed by atoms with Crippen molar-refractivity contribution >= 4 is 31.8 Å². The summed E-state index contributed by atoms with van der Waals surface area (Å²) in [6.45, 7) is 6.17. The van der Waals surface area contributed by atoms with E-state index >= 15 is 0 Å². The summed E-state index contributed by atoms with van der Waals surface area (Å²) in [5, 5.41) is 0. The molecule has 0 spiro atoms. The third-order valence-electron chi connectivity index (χ3n) is 3.15. The van der Waals surface area contributed by atoms with Crippen molar-refractivity contribution < 1.29 is 35.1 Å². The van der Waals surface area contributed by atoms with Crippen LogP contribution < -0.4 is 0 Å². The predicted octanol–water partition coefficient (Wildman–Crippen LogP) is 0.329. The van der Waals surface area contributed by atoms with Gasteiger partial charge in [-0.3, -0.25) is 9.59 Å². The molecular formula is C10H18O8S2. The molecule has 0 N–H and O–H groups in total. The number of Topliss-reactive ketones (excluding diaryl/α,β-unsaturated/α-hetero) is 2. The second kappa shape index (κ2) is 5.51. The lowest BCUT2D eigenvalue weighted by Crippen LogP contribution is -2.44. The van der Waals surface area contributed by atoms with Crippen molar-refractivity contribution in [1.82, 2.24) is 0 Å². The van der Waals surface area contributed by atoms with Gasteiger partial charge in [0.25, 0.3) is 0 Å². The maximum atomic E-state index is 11.7. The smallest absolute Gasteiger partial charge is 0.298 e. The van der Waals surface area contributed by atoms with Gasteiger partial charge in [0.2, 0.25) is 0 Å². The number of rotatable bonds is 7. The van der Waals surface area contributed by atoms with Gasteiger partial charge in [0.15, 0.2) is 21.1 Å². The van der Waals surface area contributed by atoms with Crippen molar-refractivity contribution in [3.05, 3.63) is 0 Å². The molecule has 0 saturated heterocycles. The normalized spacial score (nSPS) is 14.1. The topological polar surface area (TPSA) is 121 Å². The number of ketones is 2. The number of hydrogen-bond acceptors (Lipinski definition) is 8. The molecule has 0 unspecified atom stereocenters. The van der Waals surface area contributed by atoms with Crippen molar-refractivity contribution in [2.24, 2.45) is 0 Å². The summed E-state index contributed by atoms with van der Waals surface area (Å²) in [5.74, 6) is -1.52. The van der Waals surface area contributed by atoms with E-state index in [0.29, 0.717) is 0 Å². The molecule has 8 nitrogen and oxygen atoms in total. The molecule has 0 aromatic rings. The molecule has 0 saturated carbocycles. The van der Waals surface area contributed by atoms with E-state index in [1.54, 1.807) is 0 Å². The lowest BCUT2D eigenvalue weighted by molar-refractivity contribution is -0.124. The van der Waals surface area contributed by atoms with Crippen LogP contribution in [0.3, 0.4) is 0 Å². The maximum Gasteiger partial charge on any atom is 0.306 e. The van der Waals surface area contributed by atoms with Gasteiger partial charge in [0.1, 0.15) is 0 Å². The van der Waals surface area contributed by atoms with Gasteiger partial charge < -0.3 is 0 Å². The van der Waals surface area contributed by atoms with E-state index in [9.17, 15) is 26.4 Å². The van der Waals surface area contributed by atoms with Crippen molar-refractivity contribution in [2.75, 3.05) is 0 Å². The van der Waals surface area contributed by atoms with Crippen LogP contribution in [0.25, 0.3) is 0 Å². The molecule has 0 aromatic heterocycles. The number of carbonyl (C=O) groups is 2. The first kappa shape index (κ1) is 19.2. The molecule has 0 heterocycles. The molecule has 20 heavy (non-hydrogen) atoms. The summed E-state index contributed by atoms with van der Waals surface area (Å²) in [7, 11) is -9.28.